The van der Waals surface area contributed by atoms with Crippen LogP contribution in [0.25, 0.3) is 0 Å². The lowest BCUT2D eigenvalue weighted by Gasteiger charge is -2.26. The molecular weight excluding hydrogens is 344 g/mol. The second kappa shape index (κ2) is 10.4. The Morgan fingerprint density at radius 2 is 1.74 bits per heavy atom. The monoisotopic (exact) mass is 370 g/mol. The average Bonchev–Trinajstić information content (AvgIpc) is 2.67. The van der Waals surface area contributed by atoms with E-state index in [1.54, 1.807) is 31.5 Å². The van der Waals surface area contributed by atoms with Crippen molar-refractivity contribution in [1.29, 1.82) is 0 Å². The van der Waals surface area contributed by atoms with E-state index in [9.17, 15) is 9.59 Å². The second-order valence-electron chi connectivity index (χ2n) is 6.38. The van der Waals surface area contributed by atoms with Gasteiger partial charge in [-0.1, -0.05) is 30.3 Å². The molecule has 0 unspecified atom stereocenters. The molecule has 0 aliphatic carbocycles. The molecule has 0 radical (unpaired) electrons. The molecular formula is C21H26N2O4. The van der Waals surface area contributed by atoms with Crippen molar-refractivity contribution >= 4 is 11.9 Å². The number of ether oxygens (including phenoxy) is 2. The Bertz CT molecular complexity index is 719. The Labute approximate surface area is 160 Å². The number of pyridine rings is 1. The fourth-order valence-electron chi connectivity index (χ4n) is 2.71. The van der Waals surface area contributed by atoms with Crippen molar-refractivity contribution in [2.24, 2.45) is 0 Å². The number of hydrogen-bond donors (Lipinski definition) is 0. The lowest BCUT2D eigenvalue weighted by atomic mass is 10.0. The van der Waals surface area contributed by atoms with E-state index < -0.39 is 18.1 Å². The topological polar surface area (TPSA) is 68.7 Å². The minimum Gasteiger partial charge on any atom is -0.466 e. The molecule has 1 aromatic heterocycles. The number of carbonyl (C=O) groups excluding carboxylic acids is 2. The summed E-state index contributed by atoms with van der Waals surface area (Å²) in [4.78, 5) is 30.6. The van der Waals surface area contributed by atoms with Crippen molar-refractivity contribution in [3.05, 3.63) is 66.0 Å². The highest BCUT2D eigenvalue weighted by molar-refractivity contribution is 5.77. The maximum Gasteiger partial charge on any atom is 0.324 e. The summed E-state index contributed by atoms with van der Waals surface area (Å²) >= 11 is 0. The Morgan fingerprint density at radius 1 is 1.07 bits per heavy atom. The minimum absolute atomic E-state index is 0.0327. The highest BCUT2D eigenvalue weighted by atomic mass is 16.6. The van der Waals surface area contributed by atoms with Gasteiger partial charge >= 0.3 is 11.9 Å². The average molecular weight is 370 g/mol. The molecule has 6 heteroatoms. The largest absolute Gasteiger partial charge is 0.466 e. The van der Waals surface area contributed by atoms with E-state index in [-0.39, 0.29) is 19.0 Å². The maximum absolute atomic E-state index is 12.9. The third kappa shape index (κ3) is 6.49. The van der Waals surface area contributed by atoms with Crippen LogP contribution < -0.4 is 0 Å². The molecule has 0 aliphatic rings. The third-order valence-electron chi connectivity index (χ3n) is 4.16. The predicted octanol–water partition coefficient (Wildman–Crippen LogP) is 2.79. The van der Waals surface area contributed by atoms with Crippen LogP contribution in [0.2, 0.25) is 0 Å². The van der Waals surface area contributed by atoms with Crippen LogP contribution in [0.5, 0.6) is 0 Å². The molecule has 1 aromatic carbocycles. The molecule has 0 fully saturated rings. The standard InChI is InChI=1S/C21H26N2O4/c1-4-26-20(24)15-19(17-10-12-22-13-11-17)27-21(25)18(23(2)3)14-16-8-6-5-7-9-16/h5-13,18-19H,4,14-15H2,1-3H3/t18-,19-/m0/s1. The van der Waals surface area contributed by atoms with Crippen LogP contribution in [0.4, 0.5) is 0 Å². The lowest BCUT2D eigenvalue weighted by Crippen LogP contribution is -2.39. The molecule has 0 saturated carbocycles. The lowest BCUT2D eigenvalue weighted by molar-refractivity contribution is -0.159. The van der Waals surface area contributed by atoms with Gasteiger partial charge in [0, 0.05) is 12.4 Å². The highest BCUT2D eigenvalue weighted by Gasteiger charge is 2.28. The highest BCUT2D eigenvalue weighted by Crippen LogP contribution is 2.23. The molecule has 144 valence electrons. The molecule has 6 nitrogen and oxygen atoms in total. The van der Waals surface area contributed by atoms with Gasteiger partial charge in [0.05, 0.1) is 13.0 Å². The number of nitrogens with zero attached hydrogens (tertiary/aromatic N) is 2. The van der Waals surface area contributed by atoms with Crippen molar-refractivity contribution in [2.45, 2.75) is 31.9 Å². The van der Waals surface area contributed by atoms with E-state index >= 15 is 0 Å². The van der Waals surface area contributed by atoms with Crippen molar-refractivity contribution in [3.8, 4) is 0 Å². The van der Waals surface area contributed by atoms with Crippen LogP contribution >= 0.6 is 0 Å². The number of likely N-dealkylation sites (N-methyl/N-ethyl adjacent to an activating group) is 1. The number of esters is 2. The first-order chi connectivity index (χ1) is 13.0. The molecule has 0 aliphatic heterocycles. The number of aromatic nitrogens is 1. The van der Waals surface area contributed by atoms with E-state index in [0.29, 0.717) is 12.0 Å². The van der Waals surface area contributed by atoms with Crippen molar-refractivity contribution in [1.82, 2.24) is 9.88 Å². The summed E-state index contributed by atoms with van der Waals surface area (Å²) in [5.74, 6) is -0.786. The number of benzene rings is 1. The summed E-state index contributed by atoms with van der Waals surface area (Å²) in [6.45, 7) is 2.03. The molecule has 2 atom stereocenters. The number of rotatable bonds is 9. The zero-order chi connectivity index (χ0) is 19.6. The Balaban J connectivity index is 2.15. The molecule has 0 spiro atoms. The van der Waals surface area contributed by atoms with Gasteiger partial charge in [0.1, 0.15) is 12.1 Å². The maximum atomic E-state index is 12.9. The van der Waals surface area contributed by atoms with E-state index in [0.717, 1.165) is 5.56 Å². The van der Waals surface area contributed by atoms with Gasteiger partial charge in [0.25, 0.3) is 0 Å². The molecule has 0 saturated heterocycles. The zero-order valence-electron chi connectivity index (χ0n) is 16.0. The smallest absolute Gasteiger partial charge is 0.324 e. The molecule has 27 heavy (non-hydrogen) atoms. The SMILES string of the molecule is CCOC(=O)C[C@H](OC(=O)[C@H](Cc1ccccc1)N(C)C)c1ccncc1. The Kier molecular flexibility index (Phi) is 7.95. The van der Waals surface area contributed by atoms with Crippen LogP contribution in [-0.4, -0.2) is 48.6 Å². The fourth-order valence-corrected chi connectivity index (χ4v) is 2.71. The van der Waals surface area contributed by atoms with E-state index in [1.807, 2.05) is 49.3 Å². The van der Waals surface area contributed by atoms with E-state index in [2.05, 4.69) is 4.98 Å². The van der Waals surface area contributed by atoms with Gasteiger partial charge < -0.3 is 9.47 Å². The van der Waals surface area contributed by atoms with Crippen LogP contribution in [-0.2, 0) is 25.5 Å². The summed E-state index contributed by atoms with van der Waals surface area (Å²) in [5, 5.41) is 0. The Hall–Kier alpha value is -2.73. The first-order valence-corrected chi connectivity index (χ1v) is 8.97. The predicted molar refractivity (Wildman–Crippen MR) is 102 cm³/mol. The van der Waals surface area contributed by atoms with Gasteiger partial charge in [-0.05, 0) is 50.7 Å². The zero-order valence-corrected chi connectivity index (χ0v) is 16.0. The normalized spacial score (nSPS) is 13.0. The van der Waals surface area contributed by atoms with Crippen LogP contribution in [0.15, 0.2) is 54.9 Å². The summed E-state index contributed by atoms with van der Waals surface area (Å²) in [6.07, 6.45) is 2.99. The van der Waals surface area contributed by atoms with Crippen molar-refractivity contribution in [2.75, 3.05) is 20.7 Å². The van der Waals surface area contributed by atoms with Crippen LogP contribution in [0.3, 0.4) is 0 Å². The molecule has 0 N–H and O–H groups in total. The molecule has 0 bridgehead atoms. The molecule has 1 heterocycles. The number of hydrogen-bond acceptors (Lipinski definition) is 6. The van der Waals surface area contributed by atoms with Gasteiger partial charge in [-0.2, -0.15) is 0 Å². The van der Waals surface area contributed by atoms with E-state index in [4.69, 9.17) is 9.47 Å². The summed E-state index contributed by atoms with van der Waals surface area (Å²) in [5.41, 5.74) is 1.75. The minimum atomic E-state index is -0.710. The third-order valence-corrected chi connectivity index (χ3v) is 4.16. The summed E-state index contributed by atoms with van der Waals surface area (Å²) in [6, 6.07) is 12.8. The van der Waals surface area contributed by atoms with Crippen LogP contribution in [0, 0.1) is 0 Å². The van der Waals surface area contributed by atoms with Gasteiger partial charge in [0.15, 0.2) is 0 Å². The van der Waals surface area contributed by atoms with Crippen molar-refractivity contribution < 1.29 is 19.1 Å². The molecule has 2 rings (SSSR count). The summed E-state index contributed by atoms with van der Waals surface area (Å²) in [7, 11) is 3.67. The van der Waals surface area contributed by atoms with E-state index in [1.165, 1.54) is 0 Å². The summed E-state index contributed by atoms with van der Waals surface area (Å²) < 4.78 is 10.8. The molecule has 2 aromatic rings. The van der Waals surface area contributed by atoms with Gasteiger partial charge in [-0.3, -0.25) is 19.5 Å². The van der Waals surface area contributed by atoms with Gasteiger partial charge in [-0.15, -0.1) is 0 Å². The van der Waals surface area contributed by atoms with Crippen LogP contribution in [0.1, 0.15) is 30.6 Å². The van der Waals surface area contributed by atoms with Gasteiger partial charge in [-0.25, -0.2) is 0 Å². The van der Waals surface area contributed by atoms with Gasteiger partial charge in [0.2, 0.25) is 0 Å². The first-order valence-electron chi connectivity index (χ1n) is 8.97. The fraction of sp³-hybridized carbons (Fsp3) is 0.381. The molecule has 0 amide bonds. The van der Waals surface area contributed by atoms with Crippen molar-refractivity contribution in [3.63, 3.8) is 0 Å². The second-order valence-corrected chi connectivity index (χ2v) is 6.38. The number of carbonyl (C=O) groups is 2. The first kappa shape index (κ1) is 20.6. The quantitative estimate of drug-likeness (QED) is 0.632. The Morgan fingerprint density at radius 3 is 2.33 bits per heavy atom.